The summed E-state index contributed by atoms with van der Waals surface area (Å²) >= 11 is 0. The van der Waals surface area contributed by atoms with Gasteiger partial charge in [-0.2, -0.15) is 0 Å². The molecule has 1 aliphatic carbocycles. The van der Waals surface area contributed by atoms with E-state index in [0.717, 1.165) is 122 Å². The number of unbranched alkanes of at least 4 members (excludes halogenated alkanes) is 13. The molecule has 0 aromatic carbocycles. The standard InChI is InChI=1S/C59H97O12P/c1-3-5-7-9-11-13-15-17-19-21-23-25-27-28-30-32-34-36-38-40-42-44-46-48-53(60)70-52(51-69-72(66,67)71-59-57(64)55(62)54(61)56(63)58(59)65)50-68-49-47-45-43-41-39-37-35-33-31-29-26-24-22-20-18-16-14-12-10-8-6-4-2/h5-8,11-14,17-20,23-26,31,33,37,39,52,54-59,61-65H,3-4,9-10,15-16,21-22,27-30,32,34-36,38,40-51H2,1-2H3,(H,66,67)/b7-5-,8-6-,13-11-,14-12-,19-17-,20-18-,25-23-,26-24-,33-31-,39-37-. The van der Waals surface area contributed by atoms with E-state index in [1.54, 1.807) is 0 Å². The van der Waals surface area contributed by atoms with Crippen molar-refractivity contribution in [1.29, 1.82) is 0 Å². The Kier molecular flexibility index (Phi) is 44.0. The smallest absolute Gasteiger partial charge is 0.457 e. The molecule has 1 saturated carbocycles. The van der Waals surface area contributed by atoms with Crippen molar-refractivity contribution in [2.75, 3.05) is 19.8 Å². The first-order valence-corrected chi connectivity index (χ1v) is 28.9. The van der Waals surface area contributed by atoms with Crippen LogP contribution in [-0.2, 0) is 27.9 Å². The van der Waals surface area contributed by atoms with Crippen molar-refractivity contribution in [3.8, 4) is 0 Å². The first-order valence-electron chi connectivity index (χ1n) is 27.4. The fourth-order valence-electron chi connectivity index (χ4n) is 7.58. The quantitative estimate of drug-likeness (QED) is 0.0147. The van der Waals surface area contributed by atoms with Gasteiger partial charge < -0.3 is 39.9 Å². The Morgan fingerprint density at radius 1 is 0.444 bits per heavy atom. The van der Waals surface area contributed by atoms with Crippen LogP contribution in [0.5, 0.6) is 0 Å². The van der Waals surface area contributed by atoms with Gasteiger partial charge in [0.15, 0.2) is 0 Å². The number of esters is 1. The number of phosphoric acid groups is 1. The molecule has 0 bridgehead atoms. The normalized spacial score (nSPS) is 21.6. The maximum absolute atomic E-state index is 12.9. The number of phosphoric ester groups is 1. The van der Waals surface area contributed by atoms with Crippen LogP contribution < -0.4 is 0 Å². The minimum Gasteiger partial charge on any atom is -0.457 e. The fraction of sp³-hybridized carbons (Fsp3) is 0.644. The van der Waals surface area contributed by atoms with Gasteiger partial charge in [0.2, 0.25) is 0 Å². The highest BCUT2D eigenvalue weighted by molar-refractivity contribution is 7.47. The zero-order chi connectivity index (χ0) is 52.6. The van der Waals surface area contributed by atoms with Crippen LogP contribution in [0.15, 0.2) is 122 Å². The molecule has 1 aliphatic rings. The van der Waals surface area contributed by atoms with Crippen LogP contribution >= 0.6 is 7.82 Å². The second-order valence-electron chi connectivity index (χ2n) is 18.3. The van der Waals surface area contributed by atoms with Crippen LogP contribution in [0.1, 0.15) is 181 Å². The van der Waals surface area contributed by atoms with Gasteiger partial charge in [-0.05, 0) is 103 Å². The van der Waals surface area contributed by atoms with E-state index in [-0.39, 0.29) is 13.0 Å². The third-order valence-corrected chi connectivity index (χ3v) is 12.8. The summed E-state index contributed by atoms with van der Waals surface area (Å²) in [5.74, 6) is -0.499. The van der Waals surface area contributed by atoms with Crippen molar-refractivity contribution in [3.05, 3.63) is 122 Å². The summed E-state index contributed by atoms with van der Waals surface area (Å²) < 4.78 is 34.3. The number of rotatable bonds is 45. The lowest BCUT2D eigenvalue weighted by molar-refractivity contribution is -0.220. The van der Waals surface area contributed by atoms with E-state index in [0.29, 0.717) is 13.0 Å². The van der Waals surface area contributed by atoms with Crippen LogP contribution in [0.4, 0.5) is 0 Å². The highest BCUT2D eigenvalue weighted by Gasteiger charge is 2.51. The lowest BCUT2D eigenvalue weighted by atomic mass is 9.85. The number of aliphatic hydroxyl groups is 5. The van der Waals surface area contributed by atoms with Gasteiger partial charge in [-0.15, -0.1) is 0 Å². The van der Waals surface area contributed by atoms with Crippen molar-refractivity contribution in [1.82, 2.24) is 0 Å². The Morgan fingerprint density at radius 2 is 0.778 bits per heavy atom. The van der Waals surface area contributed by atoms with E-state index >= 15 is 0 Å². The molecule has 6 atom stereocenters. The molecule has 0 radical (unpaired) electrons. The molecule has 0 aliphatic heterocycles. The molecule has 0 amide bonds. The van der Waals surface area contributed by atoms with Crippen molar-refractivity contribution in [2.45, 2.75) is 224 Å². The molecule has 13 heteroatoms. The predicted octanol–water partition coefficient (Wildman–Crippen LogP) is 13.0. The van der Waals surface area contributed by atoms with Crippen molar-refractivity contribution >= 4 is 13.8 Å². The average molecular weight is 1030 g/mol. The summed E-state index contributed by atoms with van der Waals surface area (Å²) in [5.41, 5.74) is 0. The number of carbonyl (C=O) groups excluding carboxylic acids is 1. The monoisotopic (exact) mass is 1030 g/mol. The zero-order valence-corrected chi connectivity index (χ0v) is 45.1. The van der Waals surface area contributed by atoms with E-state index in [2.05, 4.69) is 135 Å². The molecule has 0 heterocycles. The van der Waals surface area contributed by atoms with Gasteiger partial charge >= 0.3 is 13.8 Å². The summed E-state index contributed by atoms with van der Waals surface area (Å²) in [6.45, 7) is 3.95. The van der Waals surface area contributed by atoms with Crippen LogP contribution in [0.2, 0.25) is 0 Å². The lowest BCUT2D eigenvalue weighted by Gasteiger charge is -2.41. The Morgan fingerprint density at radius 3 is 1.18 bits per heavy atom. The van der Waals surface area contributed by atoms with Crippen LogP contribution in [-0.4, -0.2) is 98.9 Å². The summed E-state index contributed by atoms with van der Waals surface area (Å²) in [6, 6.07) is 0. The number of ether oxygens (including phenoxy) is 2. The molecule has 0 saturated heterocycles. The molecule has 0 spiro atoms. The van der Waals surface area contributed by atoms with E-state index in [1.165, 1.54) is 32.1 Å². The molecule has 1 rings (SSSR count). The molecule has 0 aromatic heterocycles. The topological polar surface area (TPSA) is 192 Å². The summed E-state index contributed by atoms with van der Waals surface area (Å²) in [6.07, 6.45) is 56.9. The first-order chi connectivity index (χ1) is 35.0. The van der Waals surface area contributed by atoms with Crippen molar-refractivity contribution in [2.24, 2.45) is 0 Å². The maximum atomic E-state index is 12.9. The van der Waals surface area contributed by atoms with Gasteiger partial charge in [0, 0.05) is 13.0 Å². The number of allylic oxidation sites excluding steroid dienone is 20. The third kappa shape index (κ3) is 38.3. The number of carbonyl (C=O) groups is 1. The van der Waals surface area contributed by atoms with Gasteiger partial charge in [0.1, 0.15) is 42.7 Å². The first kappa shape index (κ1) is 66.8. The summed E-state index contributed by atoms with van der Waals surface area (Å²) in [7, 11) is -5.05. The average Bonchev–Trinajstić information content (AvgIpc) is 3.37. The van der Waals surface area contributed by atoms with Crippen LogP contribution in [0.25, 0.3) is 0 Å². The van der Waals surface area contributed by atoms with Gasteiger partial charge in [-0.1, -0.05) is 193 Å². The van der Waals surface area contributed by atoms with E-state index < -0.39 is 63.1 Å². The van der Waals surface area contributed by atoms with Gasteiger partial charge in [-0.25, -0.2) is 4.57 Å². The van der Waals surface area contributed by atoms with E-state index in [1.807, 2.05) is 0 Å². The molecular weight excluding hydrogens is 932 g/mol. The zero-order valence-electron chi connectivity index (χ0n) is 44.2. The Labute approximate surface area is 435 Å². The fourth-order valence-corrected chi connectivity index (χ4v) is 8.56. The lowest BCUT2D eigenvalue weighted by Crippen LogP contribution is -2.64. The minimum atomic E-state index is -5.05. The molecule has 72 heavy (non-hydrogen) atoms. The van der Waals surface area contributed by atoms with Crippen molar-refractivity contribution in [3.63, 3.8) is 0 Å². The second-order valence-corrected chi connectivity index (χ2v) is 19.7. The summed E-state index contributed by atoms with van der Waals surface area (Å²) in [5, 5.41) is 50.4. The molecule has 6 N–H and O–H groups in total. The Bertz CT molecular complexity index is 1650. The SMILES string of the molecule is CC/C=C\C/C=C\C/C=C\C/C=C\C/C=C\C/C=C\CCCCCOCC(COP(=O)(O)OC1C(O)C(O)C(O)C(O)C1O)OC(=O)CCCCCCCCCCCC/C=C\C/C=C\C/C=C\C/C=C\CC. The molecule has 0 aromatic rings. The molecular formula is C59H97O12P. The molecule has 410 valence electrons. The van der Waals surface area contributed by atoms with Gasteiger partial charge in [0.25, 0.3) is 0 Å². The van der Waals surface area contributed by atoms with Crippen molar-refractivity contribution < 1.29 is 58.3 Å². The number of hydrogen-bond donors (Lipinski definition) is 6. The molecule has 12 nitrogen and oxygen atoms in total. The predicted molar refractivity (Wildman–Crippen MR) is 294 cm³/mol. The Hall–Kier alpha value is -3.26. The van der Waals surface area contributed by atoms with E-state index in [4.69, 9.17) is 18.5 Å². The Balaban J connectivity index is 2.36. The van der Waals surface area contributed by atoms with E-state index in [9.17, 15) is 39.8 Å². The van der Waals surface area contributed by atoms with Crippen LogP contribution in [0, 0.1) is 0 Å². The largest absolute Gasteiger partial charge is 0.472 e. The minimum absolute atomic E-state index is 0.110. The highest BCUT2D eigenvalue weighted by Crippen LogP contribution is 2.47. The number of hydrogen-bond acceptors (Lipinski definition) is 11. The van der Waals surface area contributed by atoms with Gasteiger partial charge in [0.05, 0.1) is 13.2 Å². The summed E-state index contributed by atoms with van der Waals surface area (Å²) in [4.78, 5) is 23.3. The molecule has 6 unspecified atom stereocenters. The number of aliphatic hydroxyl groups excluding tert-OH is 5. The highest BCUT2D eigenvalue weighted by atomic mass is 31.2. The molecule has 1 fully saturated rings. The van der Waals surface area contributed by atoms with Gasteiger partial charge in [-0.3, -0.25) is 13.8 Å². The third-order valence-electron chi connectivity index (χ3n) is 11.8. The van der Waals surface area contributed by atoms with Crippen LogP contribution in [0.3, 0.4) is 0 Å². The maximum Gasteiger partial charge on any atom is 0.472 e. The second kappa shape index (κ2) is 47.5.